The average molecular weight is 527 g/mol. The van der Waals surface area contributed by atoms with Gasteiger partial charge >= 0.3 is 12.1 Å². The summed E-state index contributed by atoms with van der Waals surface area (Å²) in [5, 5.41) is 12.3. The van der Waals surface area contributed by atoms with Crippen LogP contribution in [-0.4, -0.2) is 69.0 Å². The number of carbonyl (C=O) groups excluding carboxylic acids is 2. The predicted molar refractivity (Wildman–Crippen MR) is 138 cm³/mol. The average Bonchev–Trinajstić information content (AvgIpc) is 3.33. The Morgan fingerprint density at radius 1 is 1.24 bits per heavy atom. The minimum absolute atomic E-state index is 0.0312. The first kappa shape index (κ1) is 27.1. The molecule has 1 saturated carbocycles. The Morgan fingerprint density at radius 2 is 1.95 bits per heavy atom. The monoisotopic (exact) mass is 526 g/mol. The van der Waals surface area contributed by atoms with E-state index in [0.29, 0.717) is 42.1 Å². The summed E-state index contributed by atoms with van der Waals surface area (Å²) in [6.45, 7) is 5.27. The lowest BCUT2D eigenvalue weighted by Gasteiger charge is -2.49. The summed E-state index contributed by atoms with van der Waals surface area (Å²) in [5.74, 6) is -0.593. The highest BCUT2D eigenvalue weighted by Crippen LogP contribution is 2.40. The Hall–Kier alpha value is -3.93. The maximum atomic E-state index is 14.1. The fraction of sp³-hybridized carbons (Fsp3) is 0.500. The predicted octanol–water partition coefficient (Wildman–Crippen LogP) is 2.92. The van der Waals surface area contributed by atoms with Crippen molar-refractivity contribution < 1.29 is 29.0 Å². The molecule has 0 bridgehead atoms. The number of imidazole rings is 1. The van der Waals surface area contributed by atoms with Crippen LogP contribution in [0.2, 0.25) is 0 Å². The molecule has 1 aliphatic carbocycles. The molecular weight excluding hydrogens is 492 g/mol. The van der Waals surface area contributed by atoms with Crippen molar-refractivity contribution in [2.45, 2.75) is 69.8 Å². The van der Waals surface area contributed by atoms with Gasteiger partial charge in [0.05, 0.1) is 31.9 Å². The standard InChI is InChI=1S/C26H34N6O6/c1-25(2,3)38-24(36)31-18-11-15(12-20(33)34)5-10-19(18)32-14-30-23-21(28-13-29-23)26(32,27)22(35)16-6-8-17(37-4)9-7-16/h6-9,13-15,18-19H,5,10-12,27H2,1-4H3,(H,28,29)(H,31,36)(H,33,34). The van der Waals surface area contributed by atoms with Gasteiger partial charge in [0, 0.05) is 12.0 Å². The van der Waals surface area contributed by atoms with Gasteiger partial charge in [0.1, 0.15) is 17.0 Å². The van der Waals surface area contributed by atoms with E-state index in [0.717, 1.165) is 0 Å². The van der Waals surface area contributed by atoms with Gasteiger partial charge in [0.2, 0.25) is 5.78 Å². The Kier molecular flexibility index (Phi) is 7.45. The highest BCUT2D eigenvalue weighted by molar-refractivity contribution is 6.05. The van der Waals surface area contributed by atoms with E-state index < -0.39 is 41.2 Å². The molecule has 12 nitrogen and oxygen atoms in total. The number of aromatic nitrogens is 2. The molecule has 0 spiro atoms. The number of aliphatic carboxylic acids is 1. The van der Waals surface area contributed by atoms with Crippen molar-refractivity contribution in [3.8, 4) is 5.75 Å². The lowest BCUT2D eigenvalue weighted by atomic mass is 9.78. The lowest BCUT2D eigenvalue weighted by Crippen LogP contribution is -2.67. The van der Waals surface area contributed by atoms with Crippen LogP contribution >= 0.6 is 0 Å². The zero-order chi connectivity index (χ0) is 27.7. The number of amides is 1. The van der Waals surface area contributed by atoms with E-state index in [1.54, 1.807) is 49.9 Å². The molecule has 2 aromatic rings. The molecule has 1 aliphatic heterocycles. The first-order chi connectivity index (χ1) is 17.9. The van der Waals surface area contributed by atoms with Crippen LogP contribution in [0.1, 0.15) is 62.5 Å². The van der Waals surface area contributed by atoms with Gasteiger partial charge in [-0.05, 0) is 70.2 Å². The Balaban J connectivity index is 1.71. The van der Waals surface area contributed by atoms with Crippen molar-refractivity contribution in [2.24, 2.45) is 16.6 Å². The van der Waals surface area contributed by atoms with Gasteiger partial charge in [-0.1, -0.05) is 0 Å². The summed E-state index contributed by atoms with van der Waals surface area (Å²) in [6, 6.07) is 5.57. The number of nitrogens with two attached hydrogens (primary N) is 1. The normalized spacial score (nSPS) is 24.9. The SMILES string of the molecule is COc1ccc(C(=O)C2(N)c3[nH]cnc3N=CN2C2CCC(CC(=O)O)CC2NC(=O)OC(C)(C)C)cc1. The number of carboxylic acid groups (broad SMARTS) is 1. The minimum atomic E-state index is -1.72. The summed E-state index contributed by atoms with van der Waals surface area (Å²) >= 11 is 0. The summed E-state index contributed by atoms with van der Waals surface area (Å²) in [5.41, 5.74) is 5.22. The number of nitrogens with zero attached hydrogens (tertiary/aromatic N) is 3. The van der Waals surface area contributed by atoms with Crippen molar-refractivity contribution in [1.82, 2.24) is 20.2 Å². The van der Waals surface area contributed by atoms with Gasteiger partial charge in [0.25, 0.3) is 0 Å². The van der Waals surface area contributed by atoms with E-state index in [9.17, 15) is 19.5 Å². The van der Waals surface area contributed by atoms with E-state index in [-0.39, 0.29) is 12.3 Å². The molecule has 4 unspecified atom stereocenters. The molecule has 1 aromatic heterocycles. The van der Waals surface area contributed by atoms with Gasteiger partial charge in [0.15, 0.2) is 11.5 Å². The number of methoxy groups -OCH3 is 1. The number of carbonyl (C=O) groups is 3. The molecular formula is C26H34N6O6. The number of ketones is 1. The van der Waals surface area contributed by atoms with E-state index in [2.05, 4.69) is 20.3 Å². The third-order valence-corrected chi connectivity index (χ3v) is 6.86. The third kappa shape index (κ3) is 5.49. The van der Waals surface area contributed by atoms with Crippen molar-refractivity contribution in [1.29, 1.82) is 0 Å². The summed E-state index contributed by atoms with van der Waals surface area (Å²) < 4.78 is 10.7. The summed E-state index contributed by atoms with van der Waals surface area (Å²) in [7, 11) is 1.54. The molecule has 1 fully saturated rings. The molecule has 12 heteroatoms. The van der Waals surface area contributed by atoms with Crippen LogP contribution in [0.3, 0.4) is 0 Å². The van der Waals surface area contributed by atoms with Crippen LogP contribution in [0.25, 0.3) is 0 Å². The Morgan fingerprint density at radius 3 is 2.58 bits per heavy atom. The minimum Gasteiger partial charge on any atom is -0.497 e. The van der Waals surface area contributed by atoms with Crippen LogP contribution in [0.4, 0.5) is 10.6 Å². The number of ether oxygens (including phenoxy) is 2. The molecule has 5 N–H and O–H groups in total. The van der Waals surface area contributed by atoms with Crippen LogP contribution < -0.4 is 15.8 Å². The van der Waals surface area contributed by atoms with E-state index in [1.165, 1.54) is 19.8 Å². The first-order valence-electron chi connectivity index (χ1n) is 12.5. The molecule has 1 amide bonds. The second-order valence-corrected chi connectivity index (χ2v) is 10.7. The number of carboxylic acids is 1. The number of nitrogens with one attached hydrogen (secondary N) is 2. The molecule has 1 aromatic carbocycles. The van der Waals surface area contributed by atoms with Crippen molar-refractivity contribution >= 4 is 30.0 Å². The fourth-order valence-corrected chi connectivity index (χ4v) is 5.16. The number of H-pyrrole nitrogens is 1. The number of Topliss-reactive ketones (excluding diaryl/α,β-unsaturated/α-hetero) is 1. The van der Waals surface area contributed by atoms with Crippen molar-refractivity contribution in [3.05, 3.63) is 41.9 Å². The van der Waals surface area contributed by atoms with Crippen molar-refractivity contribution in [2.75, 3.05) is 7.11 Å². The Labute approximate surface area is 220 Å². The van der Waals surface area contributed by atoms with E-state index in [1.807, 2.05) is 0 Å². The highest BCUT2D eigenvalue weighted by Gasteiger charge is 2.51. The molecule has 38 heavy (non-hydrogen) atoms. The largest absolute Gasteiger partial charge is 0.497 e. The smallest absolute Gasteiger partial charge is 0.407 e. The van der Waals surface area contributed by atoms with Gasteiger partial charge in [-0.15, -0.1) is 0 Å². The van der Waals surface area contributed by atoms with E-state index >= 15 is 0 Å². The van der Waals surface area contributed by atoms with Gasteiger partial charge < -0.3 is 29.8 Å². The molecule has 204 valence electrons. The lowest BCUT2D eigenvalue weighted by molar-refractivity contribution is -0.138. The first-order valence-corrected chi connectivity index (χ1v) is 12.5. The number of benzene rings is 1. The van der Waals surface area contributed by atoms with Gasteiger partial charge in [-0.2, -0.15) is 0 Å². The summed E-state index contributed by atoms with van der Waals surface area (Å²) in [6.07, 6.45) is 3.63. The topological polar surface area (TPSA) is 172 Å². The molecule has 2 heterocycles. The number of fused-ring (bicyclic) bond motifs is 1. The molecule has 0 radical (unpaired) electrons. The Bertz CT molecular complexity index is 1220. The van der Waals surface area contributed by atoms with Gasteiger partial charge in [-0.25, -0.2) is 14.8 Å². The highest BCUT2D eigenvalue weighted by atomic mass is 16.6. The van der Waals surface area contributed by atoms with Crippen molar-refractivity contribution in [3.63, 3.8) is 0 Å². The third-order valence-electron chi connectivity index (χ3n) is 6.86. The number of alkyl carbamates (subject to hydrolysis) is 1. The van der Waals surface area contributed by atoms with Crippen LogP contribution in [0, 0.1) is 5.92 Å². The number of aliphatic imine (C=N–C) groups is 1. The summed E-state index contributed by atoms with van der Waals surface area (Å²) in [4.78, 5) is 51.5. The molecule has 4 rings (SSSR count). The van der Waals surface area contributed by atoms with Gasteiger partial charge in [-0.3, -0.25) is 15.3 Å². The number of aromatic amines is 1. The maximum absolute atomic E-state index is 14.1. The molecule has 0 saturated heterocycles. The maximum Gasteiger partial charge on any atom is 0.407 e. The fourth-order valence-electron chi connectivity index (χ4n) is 5.16. The van der Waals surface area contributed by atoms with Crippen LogP contribution in [0.5, 0.6) is 5.75 Å². The molecule has 2 aliphatic rings. The second-order valence-electron chi connectivity index (χ2n) is 10.7. The number of rotatable bonds is 7. The number of hydrogen-bond donors (Lipinski definition) is 4. The number of hydrogen-bond acceptors (Lipinski definition) is 9. The zero-order valence-corrected chi connectivity index (χ0v) is 21.9. The zero-order valence-electron chi connectivity index (χ0n) is 21.9. The second kappa shape index (κ2) is 10.4. The quantitative estimate of drug-likeness (QED) is 0.396. The van der Waals surface area contributed by atoms with Crippen LogP contribution in [-0.2, 0) is 15.2 Å². The van der Waals surface area contributed by atoms with Crippen LogP contribution in [0.15, 0.2) is 35.6 Å². The van der Waals surface area contributed by atoms with E-state index in [4.69, 9.17) is 15.2 Å². The molecule has 4 atom stereocenters.